The van der Waals surface area contributed by atoms with Gasteiger partial charge in [-0.05, 0) is 47.6 Å². The van der Waals surface area contributed by atoms with Gasteiger partial charge in [0.1, 0.15) is 5.82 Å². The normalized spacial score (nSPS) is 16.3. The second kappa shape index (κ2) is 10.7. The second-order valence-electron chi connectivity index (χ2n) is 10.6. The van der Waals surface area contributed by atoms with Gasteiger partial charge in [-0.1, -0.05) is 67.6 Å². The van der Waals surface area contributed by atoms with Crippen LogP contribution in [0.1, 0.15) is 37.0 Å². The highest BCUT2D eigenvalue weighted by atomic mass is 19.3. The van der Waals surface area contributed by atoms with E-state index in [2.05, 4.69) is 15.3 Å². The van der Waals surface area contributed by atoms with Gasteiger partial charge in [-0.25, -0.2) is 18.8 Å². The fourth-order valence-electron chi connectivity index (χ4n) is 5.08. The standard InChI is InChI=1S/C34H28F2N4O/c1-21-15-26(21)33(41)40-31-18-25-16-24(27-19-37-14-13-29(27)34(2,35)36)17-30(28(25)20-38-31)39-32(22-9-5-3-6-10-22)23-11-7-4-8-12-23/h3-14,16-21,26H,15H2,1-2H3,(H,38,40,41)/t21-,26-/m0/s1. The molecule has 1 saturated carbocycles. The van der Waals surface area contributed by atoms with Gasteiger partial charge in [-0.2, -0.15) is 0 Å². The first kappa shape index (κ1) is 26.4. The van der Waals surface area contributed by atoms with E-state index < -0.39 is 5.92 Å². The first-order chi connectivity index (χ1) is 19.8. The van der Waals surface area contributed by atoms with E-state index in [0.29, 0.717) is 33.9 Å². The average Bonchev–Trinajstić information content (AvgIpc) is 3.72. The van der Waals surface area contributed by atoms with Crippen LogP contribution >= 0.6 is 0 Å². The number of halogens is 2. The number of nitrogens with zero attached hydrogens (tertiary/aromatic N) is 3. The molecule has 1 aliphatic carbocycles. The molecule has 7 heteroatoms. The lowest BCUT2D eigenvalue weighted by molar-refractivity contribution is -0.117. The molecule has 0 aliphatic heterocycles. The number of hydrogen-bond acceptors (Lipinski definition) is 4. The van der Waals surface area contributed by atoms with E-state index in [1.807, 2.05) is 73.7 Å². The van der Waals surface area contributed by atoms with E-state index >= 15 is 0 Å². The maximum Gasteiger partial charge on any atom is 0.271 e. The molecule has 204 valence electrons. The van der Waals surface area contributed by atoms with Gasteiger partial charge < -0.3 is 5.32 Å². The number of amides is 1. The maximum atomic E-state index is 14.7. The zero-order chi connectivity index (χ0) is 28.6. The lowest BCUT2D eigenvalue weighted by atomic mass is 9.95. The number of alkyl halides is 2. The molecule has 1 fully saturated rings. The molecule has 1 aliphatic rings. The van der Waals surface area contributed by atoms with Crippen LogP contribution in [-0.2, 0) is 10.7 Å². The third kappa shape index (κ3) is 5.61. The topological polar surface area (TPSA) is 67.2 Å². The summed E-state index contributed by atoms with van der Waals surface area (Å²) >= 11 is 0. The molecule has 0 bridgehead atoms. The number of fused-ring (bicyclic) bond motifs is 1. The fraction of sp³-hybridized carbons (Fsp3) is 0.176. The van der Waals surface area contributed by atoms with Crippen LogP contribution < -0.4 is 5.32 Å². The highest BCUT2D eigenvalue weighted by Gasteiger charge is 2.39. The van der Waals surface area contributed by atoms with Crippen molar-refractivity contribution < 1.29 is 13.6 Å². The van der Waals surface area contributed by atoms with Crippen LogP contribution in [0.3, 0.4) is 0 Å². The van der Waals surface area contributed by atoms with Crippen molar-refractivity contribution in [2.75, 3.05) is 5.32 Å². The Morgan fingerprint density at radius 3 is 2.22 bits per heavy atom. The quantitative estimate of drug-likeness (QED) is 0.209. The van der Waals surface area contributed by atoms with Crippen LogP contribution in [0.25, 0.3) is 21.9 Å². The summed E-state index contributed by atoms with van der Waals surface area (Å²) < 4.78 is 29.4. The zero-order valence-electron chi connectivity index (χ0n) is 22.7. The zero-order valence-corrected chi connectivity index (χ0v) is 22.7. The highest BCUT2D eigenvalue weighted by molar-refractivity contribution is 6.15. The van der Waals surface area contributed by atoms with Gasteiger partial charge in [0, 0.05) is 59.1 Å². The third-order valence-corrected chi connectivity index (χ3v) is 7.44. The molecule has 6 rings (SSSR count). The predicted octanol–water partition coefficient (Wildman–Crippen LogP) is 8.17. The van der Waals surface area contributed by atoms with Gasteiger partial charge in [0.2, 0.25) is 5.91 Å². The predicted molar refractivity (Wildman–Crippen MR) is 159 cm³/mol. The number of hydrogen-bond donors (Lipinski definition) is 1. The molecule has 0 radical (unpaired) electrons. The molecule has 0 unspecified atom stereocenters. The lowest BCUT2D eigenvalue weighted by Crippen LogP contribution is -2.15. The lowest BCUT2D eigenvalue weighted by Gasteiger charge is -2.17. The molecule has 5 aromatic rings. The number of anilines is 1. The van der Waals surface area contributed by atoms with Crippen molar-refractivity contribution in [3.05, 3.63) is 120 Å². The van der Waals surface area contributed by atoms with Crippen molar-refractivity contribution in [2.24, 2.45) is 16.8 Å². The van der Waals surface area contributed by atoms with Crippen molar-refractivity contribution in [1.29, 1.82) is 0 Å². The van der Waals surface area contributed by atoms with E-state index in [-0.39, 0.29) is 17.4 Å². The molecule has 1 N–H and O–H groups in total. The molecule has 41 heavy (non-hydrogen) atoms. The van der Waals surface area contributed by atoms with Crippen molar-refractivity contribution in [3.63, 3.8) is 0 Å². The van der Waals surface area contributed by atoms with Crippen LogP contribution in [0, 0.1) is 11.8 Å². The summed E-state index contributed by atoms with van der Waals surface area (Å²) in [5, 5.41) is 4.35. The molecule has 0 spiro atoms. The minimum Gasteiger partial charge on any atom is -0.310 e. The Hall–Kier alpha value is -4.78. The summed E-state index contributed by atoms with van der Waals surface area (Å²) in [7, 11) is 0. The summed E-state index contributed by atoms with van der Waals surface area (Å²) in [5.74, 6) is -2.38. The molecule has 3 aromatic carbocycles. The van der Waals surface area contributed by atoms with Gasteiger partial charge >= 0.3 is 0 Å². The third-order valence-electron chi connectivity index (χ3n) is 7.44. The molecule has 1 amide bonds. The number of carbonyl (C=O) groups excluding carboxylic acids is 1. The summed E-state index contributed by atoms with van der Waals surface area (Å²) in [6.07, 6.45) is 5.36. The Kier molecular flexibility index (Phi) is 6.87. The Morgan fingerprint density at radius 1 is 0.951 bits per heavy atom. The monoisotopic (exact) mass is 546 g/mol. The van der Waals surface area contributed by atoms with Crippen LogP contribution in [0.5, 0.6) is 0 Å². The van der Waals surface area contributed by atoms with Gasteiger partial charge in [0.05, 0.1) is 11.4 Å². The largest absolute Gasteiger partial charge is 0.310 e. The van der Waals surface area contributed by atoms with Gasteiger partial charge in [-0.15, -0.1) is 0 Å². The highest BCUT2D eigenvalue weighted by Crippen LogP contribution is 2.41. The molecule has 2 aromatic heterocycles. The van der Waals surface area contributed by atoms with E-state index in [1.165, 1.54) is 18.5 Å². The SMILES string of the molecule is C[C@H]1C[C@@H]1C(=O)Nc1cc2cc(-c3cnccc3C(C)(F)F)cc(N=C(c3ccccc3)c3ccccc3)c2cn1. The fourth-order valence-corrected chi connectivity index (χ4v) is 5.08. The number of carbonyl (C=O) groups is 1. The average molecular weight is 547 g/mol. The van der Waals surface area contributed by atoms with Gasteiger partial charge in [0.25, 0.3) is 5.92 Å². The van der Waals surface area contributed by atoms with Crippen molar-refractivity contribution in [3.8, 4) is 11.1 Å². The van der Waals surface area contributed by atoms with Crippen LogP contribution in [0.15, 0.2) is 109 Å². The Labute approximate surface area is 237 Å². The molecule has 0 saturated heterocycles. The second-order valence-corrected chi connectivity index (χ2v) is 10.6. The van der Waals surface area contributed by atoms with Gasteiger partial charge in [-0.3, -0.25) is 9.78 Å². The van der Waals surface area contributed by atoms with Crippen molar-refractivity contribution >= 4 is 33.9 Å². The van der Waals surface area contributed by atoms with Gasteiger partial charge in [0.15, 0.2) is 0 Å². The van der Waals surface area contributed by atoms with Crippen molar-refractivity contribution in [1.82, 2.24) is 9.97 Å². The van der Waals surface area contributed by atoms with Crippen molar-refractivity contribution in [2.45, 2.75) is 26.2 Å². The first-order valence-electron chi connectivity index (χ1n) is 13.5. The van der Waals surface area contributed by atoms with Crippen LogP contribution in [-0.4, -0.2) is 21.6 Å². The molecule has 2 atom stereocenters. The molecule has 5 nitrogen and oxygen atoms in total. The summed E-state index contributed by atoms with van der Waals surface area (Å²) in [6, 6.07) is 26.4. The summed E-state index contributed by atoms with van der Waals surface area (Å²) in [6.45, 7) is 2.92. The minimum absolute atomic E-state index is 0.0111. The number of benzene rings is 3. The number of nitrogens with one attached hydrogen (secondary N) is 1. The molecular formula is C34H28F2N4O. The first-order valence-corrected chi connectivity index (χ1v) is 13.5. The van der Waals surface area contributed by atoms with Crippen LogP contribution in [0.4, 0.5) is 20.3 Å². The Morgan fingerprint density at radius 2 is 1.61 bits per heavy atom. The number of pyridine rings is 2. The summed E-state index contributed by atoms with van der Waals surface area (Å²) in [4.78, 5) is 26.4. The van der Waals surface area contributed by atoms with E-state index in [1.54, 1.807) is 18.3 Å². The Balaban J connectivity index is 1.57. The van der Waals surface area contributed by atoms with Crippen LogP contribution in [0.2, 0.25) is 0 Å². The number of rotatable bonds is 7. The molecular weight excluding hydrogens is 518 g/mol. The minimum atomic E-state index is -3.08. The number of aromatic nitrogens is 2. The maximum absolute atomic E-state index is 14.7. The number of aliphatic imine (C=N–C) groups is 1. The van der Waals surface area contributed by atoms with E-state index in [4.69, 9.17) is 4.99 Å². The summed E-state index contributed by atoms with van der Waals surface area (Å²) in [5.41, 5.74) is 3.85. The van der Waals surface area contributed by atoms with E-state index in [0.717, 1.165) is 35.6 Å². The van der Waals surface area contributed by atoms with E-state index in [9.17, 15) is 13.6 Å². The molecule has 2 heterocycles. The Bertz CT molecular complexity index is 1720. The smallest absolute Gasteiger partial charge is 0.271 e.